The molecule has 27 heavy (non-hydrogen) atoms. The van der Waals surface area contributed by atoms with Gasteiger partial charge in [0.2, 0.25) is 5.91 Å². The number of nitrogens with zero attached hydrogens (tertiary/aromatic N) is 1. The summed E-state index contributed by atoms with van der Waals surface area (Å²) in [5.41, 5.74) is 1.32. The van der Waals surface area contributed by atoms with E-state index in [1.165, 1.54) is 5.56 Å². The van der Waals surface area contributed by atoms with Gasteiger partial charge in [-0.05, 0) is 42.7 Å². The van der Waals surface area contributed by atoms with Gasteiger partial charge < -0.3 is 14.8 Å². The maximum atomic E-state index is 12.2. The summed E-state index contributed by atoms with van der Waals surface area (Å²) in [6.45, 7) is 3.43. The van der Waals surface area contributed by atoms with Crippen LogP contribution in [0.15, 0.2) is 54.6 Å². The first-order chi connectivity index (χ1) is 13.2. The third-order valence-electron chi connectivity index (χ3n) is 4.76. The Morgan fingerprint density at radius 2 is 1.85 bits per heavy atom. The van der Waals surface area contributed by atoms with Crippen molar-refractivity contribution in [1.82, 2.24) is 10.2 Å². The van der Waals surface area contributed by atoms with E-state index in [9.17, 15) is 4.79 Å². The van der Waals surface area contributed by atoms with Crippen LogP contribution in [0.2, 0.25) is 0 Å². The molecule has 1 unspecified atom stereocenters. The number of hydrogen-bond donors (Lipinski definition) is 1. The highest BCUT2D eigenvalue weighted by Crippen LogP contribution is 2.17. The summed E-state index contributed by atoms with van der Waals surface area (Å²) >= 11 is 0. The van der Waals surface area contributed by atoms with E-state index >= 15 is 0 Å². The number of likely N-dealkylation sites (tertiary alicyclic amines) is 1. The molecule has 0 radical (unpaired) electrons. The number of ether oxygens (including phenoxy) is 2. The molecular weight excluding hydrogens is 340 g/mol. The Hall–Kier alpha value is -2.53. The van der Waals surface area contributed by atoms with Gasteiger partial charge in [-0.1, -0.05) is 30.3 Å². The predicted molar refractivity (Wildman–Crippen MR) is 106 cm³/mol. The number of benzene rings is 2. The standard InChI is InChI=1S/C22H28N2O3/c1-26-20-9-11-21(12-10-20)27-15-5-8-22(25)23-19-13-14-24(17-19)16-18-6-3-2-4-7-18/h2-4,6-7,9-12,19H,5,8,13-17H2,1H3,(H,23,25). The molecular formula is C22H28N2O3. The van der Waals surface area contributed by atoms with Gasteiger partial charge in [0.25, 0.3) is 0 Å². The van der Waals surface area contributed by atoms with E-state index in [2.05, 4.69) is 34.5 Å². The highest BCUT2D eigenvalue weighted by molar-refractivity contribution is 5.76. The van der Waals surface area contributed by atoms with Crippen LogP contribution >= 0.6 is 0 Å². The third-order valence-corrected chi connectivity index (χ3v) is 4.76. The molecule has 144 valence electrons. The number of rotatable bonds is 9. The van der Waals surface area contributed by atoms with E-state index < -0.39 is 0 Å². The molecule has 1 heterocycles. The number of nitrogens with one attached hydrogen (secondary N) is 1. The second-order valence-electron chi connectivity index (χ2n) is 6.90. The van der Waals surface area contributed by atoms with Crippen molar-refractivity contribution < 1.29 is 14.3 Å². The maximum Gasteiger partial charge on any atom is 0.220 e. The molecule has 5 heteroatoms. The fourth-order valence-electron chi connectivity index (χ4n) is 3.33. The average molecular weight is 368 g/mol. The molecule has 1 N–H and O–H groups in total. The topological polar surface area (TPSA) is 50.8 Å². The van der Waals surface area contributed by atoms with Gasteiger partial charge in [0.05, 0.1) is 13.7 Å². The fourth-order valence-corrected chi connectivity index (χ4v) is 3.33. The van der Waals surface area contributed by atoms with Gasteiger partial charge >= 0.3 is 0 Å². The number of hydrogen-bond acceptors (Lipinski definition) is 4. The molecule has 0 spiro atoms. The van der Waals surface area contributed by atoms with E-state index in [0.29, 0.717) is 19.4 Å². The van der Waals surface area contributed by atoms with Gasteiger partial charge in [-0.3, -0.25) is 9.69 Å². The van der Waals surface area contributed by atoms with E-state index in [4.69, 9.17) is 9.47 Å². The van der Waals surface area contributed by atoms with Gasteiger partial charge in [0.1, 0.15) is 11.5 Å². The van der Waals surface area contributed by atoms with Crippen molar-refractivity contribution in [3.63, 3.8) is 0 Å². The van der Waals surface area contributed by atoms with Gasteiger partial charge in [-0.15, -0.1) is 0 Å². The molecule has 2 aromatic carbocycles. The summed E-state index contributed by atoms with van der Waals surface area (Å²) in [6.07, 6.45) is 2.21. The SMILES string of the molecule is COc1ccc(OCCCC(=O)NC2CCN(Cc3ccccc3)C2)cc1. The van der Waals surface area contributed by atoms with Crippen LogP contribution in [-0.2, 0) is 11.3 Å². The van der Waals surface area contributed by atoms with Crippen LogP contribution in [0.25, 0.3) is 0 Å². The summed E-state index contributed by atoms with van der Waals surface area (Å²) in [5, 5.41) is 3.16. The van der Waals surface area contributed by atoms with Gasteiger partial charge in [-0.2, -0.15) is 0 Å². The zero-order valence-electron chi connectivity index (χ0n) is 15.9. The first kappa shape index (κ1) is 19.2. The lowest BCUT2D eigenvalue weighted by Crippen LogP contribution is -2.37. The Morgan fingerprint density at radius 1 is 1.11 bits per heavy atom. The first-order valence-electron chi connectivity index (χ1n) is 9.55. The van der Waals surface area contributed by atoms with Crippen molar-refractivity contribution in [2.24, 2.45) is 0 Å². The lowest BCUT2D eigenvalue weighted by molar-refractivity contribution is -0.121. The lowest BCUT2D eigenvalue weighted by Gasteiger charge is -2.17. The summed E-state index contributed by atoms with van der Waals surface area (Å²) in [6, 6.07) is 18.2. The third kappa shape index (κ3) is 6.29. The van der Waals surface area contributed by atoms with E-state index in [0.717, 1.165) is 37.6 Å². The molecule has 1 amide bonds. The summed E-state index contributed by atoms with van der Waals surface area (Å²) in [5.74, 6) is 1.71. The first-order valence-corrected chi connectivity index (χ1v) is 9.55. The Morgan fingerprint density at radius 3 is 2.59 bits per heavy atom. The Balaban J connectivity index is 1.30. The van der Waals surface area contributed by atoms with Crippen LogP contribution in [-0.4, -0.2) is 43.7 Å². The van der Waals surface area contributed by atoms with Crippen molar-refractivity contribution in [2.75, 3.05) is 26.8 Å². The van der Waals surface area contributed by atoms with Crippen LogP contribution in [0, 0.1) is 0 Å². The Labute approximate surface area is 161 Å². The average Bonchev–Trinajstić information content (AvgIpc) is 3.13. The number of amides is 1. The van der Waals surface area contributed by atoms with Crippen molar-refractivity contribution in [3.8, 4) is 11.5 Å². The summed E-state index contributed by atoms with van der Waals surface area (Å²) < 4.78 is 10.8. The molecule has 2 aromatic rings. The molecule has 0 aliphatic carbocycles. The lowest BCUT2D eigenvalue weighted by atomic mass is 10.2. The second-order valence-corrected chi connectivity index (χ2v) is 6.90. The van der Waals surface area contributed by atoms with E-state index in [1.807, 2.05) is 30.3 Å². The molecule has 5 nitrogen and oxygen atoms in total. The molecule has 3 rings (SSSR count). The minimum absolute atomic E-state index is 0.111. The van der Waals surface area contributed by atoms with E-state index in [1.54, 1.807) is 7.11 Å². The number of carbonyl (C=O) groups is 1. The van der Waals surface area contributed by atoms with Gasteiger partial charge in [-0.25, -0.2) is 0 Å². The van der Waals surface area contributed by atoms with Crippen molar-refractivity contribution in [1.29, 1.82) is 0 Å². The highest BCUT2D eigenvalue weighted by Gasteiger charge is 2.23. The highest BCUT2D eigenvalue weighted by atomic mass is 16.5. The van der Waals surface area contributed by atoms with Crippen LogP contribution in [0.1, 0.15) is 24.8 Å². The van der Waals surface area contributed by atoms with Crippen LogP contribution < -0.4 is 14.8 Å². The predicted octanol–water partition coefficient (Wildman–Crippen LogP) is 3.24. The minimum atomic E-state index is 0.111. The largest absolute Gasteiger partial charge is 0.497 e. The van der Waals surface area contributed by atoms with Crippen molar-refractivity contribution in [2.45, 2.75) is 31.8 Å². The Bertz CT molecular complexity index is 703. The smallest absolute Gasteiger partial charge is 0.220 e. The van der Waals surface area contributed by atoms with Crippen molar-refractivity contribution >= 4 is 5.91 Å². The molecule has 0 bridgehead atoms. The molecule has 1 atom stereocenters. The molecule has 0 saturated carbocycles. The minimum Gasteiger partial charge on any atom is -0.497 e. The number of carbonyl (C=O) groups excluding carboxylic acids is 1. The number of methoxy groups -OCH3 is 1. The summed E-state index contributed by atoms with van der Waals surface area (Å²) in [4.78, 5) is 14.6. The zero-order valence-corrected chi connectivity index (χ0v) is 15.9. The van der Waals surface area contributed by atoms with Crippen molar-refractivity contribution in [3.05, 3.63) is 60.2 Å². The molecule has 0 aromatic heterocycles. The zero-order chi connectivity index (χ0) is 18.9. The van der Waals surface area contributed by atoms with Gasteiger partial charge in [0.15, 0.2) is 0 Å². The molecule has 1 saturated heterocycles. The van der Waals surface area contributed by atoms with Crippen LogP contribution in [0.5, 0.6) is 11.5 Å². The fraction of sp³-hybridized carbons (Fsp3) is 0.409. The normalized spacial score (nSPS) is 16.9. The molecule has 1 fully saturated rings. The summed E-state index contributed by atoms with van der Waals surface area (Å²) in [7, 11) is 1.64. The molecule has 1 aliphatic rings. The monoisotopic (exact) mass is 368 g/mol. The quantitative estimate of drug-likeness (QED) is 0.691. The Kier molecular flexibility index (Phi) is 7.11. The maximum absolute atomic E-state index is 12.2. The second kappa shape index (κ2) is 9.97. The van der Waals surface area contributed by atoms with Crippen LogP contribution in [0.4, 0.5) is 0 Å². The van der Waals surface area contributed by atoms with Gasteiger partial charge in [0, 0.05) is 32.1 Å². The van der Waals surface area contributed by atoms with E-state index in [-0.39, 0.29) is 11.9 Å². The molecule has 1 aliphatic heterocycles. The van der Waals surface area contributed by atoms with Crippen LogP contribution in [0.3, 0.4) is 0 Å².